The number of hydrogen-bond donors (Lipinski definition) is 1. The van der Waals surface area contributed by atoms with Crippen molar-refractivity contribution in [2.45, 2.75) is 26.8 Å². The summed E-state index contributed by atoms with van der Waals surface area (Å²) in [7, 11) is 0. The molecule has 0 aromatic heterocycles. The summed E-state index contributed by atoms with van der Waals surface area (Å²) >= 11 is 5.39. The monoisotopic (exact) mass is 332 g/mol. The van der Waals surface area contributed by atoms with Crippen molar-refractivity contribution in [1.29, 1.82) is 0 Å². The molecule has 0 aliphatic heterocycles. The normalized spacial score (nSPS) is 13.1. The van der Waals surface area contributed by atoms with Crippen molar-refractivity contribution >= 4 is 18.4 Å². The van der Waals surface area contributed by atoms with E-state index in [1.807, 2.05) is 45.0 Å². The molecule has 0 spiro atoms. The van der Waals surface area contributed by atoms with E-state index in [9.17, 15) is 10.1 Å². The molecule has 0 saturated heterocycles. The molecule has 21 heavy (non-hydrogen) atoms. The van der Waals surface area contributed by atoms with Gasteiger partial charge in [-0.3, -0.25) is 10.1 Å². The maximum Gasteiger partial charge on any atom is 0.261 e. The van der Waals surface area contributed by atoms with Crippen LogP contribution >= 0.6 is 6.64 Å². The minimum atomic E-state index is -2.73. The van der Waals surface area contributed by atoms with Crippen LogP contribution in [0, 0.1) is 17.0 Å². The van der Waals surface area contributed by atoms with E-state index in [1.54, 1.807) is 0 Å². The molecule has 0 saturated carbocycles. The number of aryl methyl sites for hydroxylation is 1. The van der Waals surface area contributed by atoms with Gasteiger partial charge in [0.2, 0.25) is 6.54 Å². The largest absolute Gasteiger partial charge is 0.318 e. The molecule has 0 unspecified atom stereocenters. The van der Waals surface area contributed by atoms with Gasteiger partial charge >= 0.3 is 0 Å². The van der Waals surface area contributed by atoms with Crippen LogP contribution in [0.1, 0.15) is 31.0 Å². The predicted octanol–water partition coefficient (Wildman–Crippen LogP) is 3.20. The quantitative estimate of drug-likeness (QED) is 0.425. The van der Waals surface area contributed by atoms with E-state index in [2.05, 4.69) is 5.09 Å². The van der Waals surface area contributed by atoms with Gasteiger partial charge in [-0.25, -0.2) is 5.09 Å². The number of nitrogens with zero attached hydrogens (tertiary/aromatic N) is 1. The van der Waals surface area contributed by atoms with Crippen LogP contribution in [0.15, 0.2) is 24.3 Å². The Kier molecular flexibility index (Phi) is 7.42. The first-order chi connectivity index (χ1) is 9.90. The first-order valence-electron chi connectivity index (χ1n) is 6.75. The van der Waals surface area contributed by atoms with E-state index in [1.165, 1.54) is 0 Å². The molecule has 0 amide bonds. The second-order valence-electron chi connectivity index (χ2n) is 4.44. The fourth-order valence-corrected chi connectivity index (χ4v) is 4.34. The number of rotatable bonds is 9. The van der Waals surface area contributed by atoms with Crippen molar-refractivity contribution < 1.29 is 14.0 Å². The summed E-state index contributed by atoms with van der Waals surface area (Å²) in [6.07, 6.45) is 0. The highest BCUT2D eigenvalue weighted by atomic mass is 32.5. The Hall–Kier alpha value is -0.850. The Morgan fingerprint density at radius 3 is 2.24 bits per heavy atom. The molecular weight excluding hydrogens is 311 g/mol. The van der Waals surface area contributed by atoms with E-state index in [0.717, 1.165) is 11.1 Å². The lowest BCUT2D eigenvalue weighted by Gasteiger charge is -2.26. The van der Waals surface area contributed by atoms with Crippen LogP contribution in [-0.2, 0) is 20.9 Å². The first-order valence-corrected chi connectivity index (χ1v) is 9.39. The summed E-state index contributed by atoms with van der Waals surface area (Å²) < 4.78 is 11.0. The van der Waals surface area contributed by atoms with Crippen molar-refractivity contribution in [2.24, 2.45) is 0 Å². The molecule has 118 valence electrons. The van der Waals surface area contributed by atoms with E-state index in [4.69, 9.17) is 20.9 Å². The van der Waals surface area contributed by atoms with Crippen molar-refractivity contribution in [3.8, 4) is 0 Å². The van der Waals surface area contributed by atoms with Crippen molar-refractivity contribution in [1.82, 2.24) is 5.09 Å². The molecule has 1 aromatic rings. The summed E-state index contributed by atoms with van der Waals surface area (Å²) in [6, 6.07) is 7.00. The first kappa shape index (κ1) is 18.2. The average Bonchev–Trinajstić information content (AvgIpc) is 2.38. The smallest absolute Gasteiger partial charge is 0.261 e. The third-order valence-corrected chi connectivity index (χ3v) is 5.50. The Morgan fingerprint density at radius 2 is 1.81 bits per heavy atom. The SMILES string of the molecule is CCOP(=S)(N[C@@H](C[N+](=O)[O-])c1ccc(C)cc1)OCC. The van der Waals surface area contributed by atoms with E-state index in [0.29, 0.717) is 13.2 Å². The van der Waals surface area contributed by atoms with Crippen molar-refractivity contribution in [3.05, 3.63) is 45.5 Å². The van der Waals surface area contributed by atoms with Gasteiger partial charge < -0.3 is 9.05 Å². The molecule has 0 bridgehead atoms. The van der Waals surface area contributed by atoms with Crippen molar-refractivity contribution in [2.75, 3.05) is 19.8 Å². The summed E-state index contributed by atoms with van der Waals surface area (Å²) in [5, 5.41) is 14.0. The minimum Gasteiger partial charge on any atom is -0.318 e. The second kappa shape index (κ2) is 8.56. The predicted molar refractivity (Wildman–Crippen MR) is 86.5 cm³/mol. The lowest BCUT2D eigenvalue weighted by molar-refractivity contribution is -0.484. The van der Waals surface area contributed by atoms with Gasteiger partial charge in [0.05, 0.1) is 13.2 Å². The van der Waals surface area contributed by atoms with Crippen LogP contribution in [0.25, 0.3) is 0 Å². The molecule has 6 nitrogen and oxygen atoms in total. The number of nitrogens with one attached hydrogen (secondary N) is 1. The number of hydrogen-bond acceptors (Lipinski definition) is 5. The molecule has 0 aliphatic rings. The highest BCUT2D eigenvalue weighted by Gasteiger charge is 2.27. The highest BCUT2D eigenvalue weighted by molar-refractivity contribution is 8.08. The Morgan fingerprint density at radius 1 is 1.29 bits per heavy atom. The fraction of sp³-hybridized carbons (Fsp3) is 0.538. The van der Waals surface area contributed by atoms with Crippen LogP contribution in [0.4, 0.5) is 0 Å². The van der Waals surface area contributed by atoms with Crippen LogP contribution in [0.5, 0.6) is 0 Å². The molecule has 1 atom stereocenters. The summed E-state index contributed by atoms with van der Waals surface area (Å²) in [4.78, 5) is 10.5. The molecule has 0 aliphatic carbocycles. The lowest BCUT2D eigenvalue weighted by atomic mass is 10.1. The van der Waals surface area contributed by atoms with Crippen LogP contribution in [0.2, 0.25) is 0 Å². The molecule has 1 N–H and O–H groups in total. The van der Waals surface area contributed by atoms with Crippen LogP contribution in [-0.4, -0.2) is 24.7 Å². The topological polar surface area (TPSA) is 73.6 Å². The Labute approximate surface area is 130 Å². The number of nitro groups is 1. The van der Waals surface area contributed by atoms with Gasteiger partial charge in [-0.15, -0.1) is 0 Å². The molecule has 8 heteroatoms. The third kappa shape index (κ3) is 6.20. The molecule has 0 fully saturated rings. The third-order valence-electron chi connectivity index (χ3n) is 2.72. The second-order valence-corrected chi connectivity index (χ2v) is 7.65. The number of benzene rings is 1. The van der Waals surface area contributed by atoms with Gasteiger partial charge in [-0.1, -0.05) is 29.8 Å². The summed E-state index contributed by atoms with van der Waals surface area (Å²) in [6.45, 7) is 3.37. The molecule has 0 heterocycles. The summed E-state index contributed by atoms with van der Waals surface area (Å²) in [5.41, 5.74) is 1.89. The minimum absolute atomic E-state index is 0.276. The lowest BCUT2D eigenvalue weighted by Crippen LogP contribution is -2.27. The molecule has 1 rings (SSSR count). The van der Waals surface area contributed by atoms with Gasteiger partial charge in [0.25, 0.3) is 6.64 Å². The van der Waals surface area contributed by atoms with Crippen LogP contribution < -0.4 is 5.09 Å². The van der Waals surface area contributed by atoms with Gasteiger partial charge in [0.15, 0.2) is 0 Å². The fourth-order valence-electron chi connectivity index (χ4n) is 1.81. The maximum absolute atomic E-state index is 10.9. The zero-order valence-electron chi connectivity index (χ0n) is 12.4. The van der Waals surface area contributed by atoms with Crippen LogP contribution in [0.3, 0.4) is 0 Å². The van der Waals surface area contributed by atoms with Gasteiger partial charge in [0.1, 0.15) is 6.04 Å². The van der Waals surface area contributed by atoms with Gasteiger partial charge in [-0.05, 0) is 38.1 Å². The zero-order valence-corrected chi connectivity index (χ0v) is 14.2. The zero-order chi connectivity index (χ0) is 15.9. The standard InChI is InChI=1S/C13H21N2O4PS/c1-4-18-20(21,19-5-2)14-13(10-15(16)17)12-8-6-11(3)7-9-12/h6-9,13H,4-5,10H2,1-3H3,(H,14,21)/t13-/m0/s1. The van der Waals surface area contributed by atoms with Gasteiger partial charge in [-0.2, -0.15) is 0 Å². The Bertz CT molecular complexity index is 499. The summed E-state index contributed by atoms with van der Waals surface area (Å²) in [5.74, 6) is 0. The van der Waals surface area contributed by atoms with E-state index >= 15 is 0 Å². The molecular formula is C13H21N2O4PS. The van der Waals surface area contributed by atoms with Gasteiger partial charge in [0, 0.05) is 4.92 Å². The maximum atomic E-state index is 10.9. The molecule has 0 radical (unpaired) electrons. The van der Waals surface area contributed by atoms with E-state index in [-0.39, 0.29) is 11.5 Å². The highest BCUT2D eigenvalue weighted by Crippen LogP contribution is 2.46. The Balaban J connectivity index is 2.98. The average molecular weight is 332 g/mol. The van der Waals surface area contributed by atoms with Crippen molar-refractivity contribution in [3.63, 3.8) is 0 Å². The molecule has 1 aromatic carbocycles. The van der Waals surface area contributed by atoms with E-state index < -0.39 is 12.7 Å².